The number of carbonyl (C=O) groups is 1. The Bertz CT molecular complexity index is 1600. The Balaban J connectivity index is 1.52. The second-order valence-corrected chi connectivity index (χ2v) is 9.83. The summed E-state index contributed by atoms with van der Waals surface area (Å²) in [6.45, 7) is 3.42. The van der Waals surface area contributed by atoms with Gasteiger partial charge in [-0.1, -0.05) is 36.4 Å². The normalized spacial score (nSPS) is 11.4. The van der Waals surface area contributed by atoms with Gasteiger partial charge in [-0.25, -0.2) is 13.4 Å². The Kier molecular flexibility index (Phi) is 6.57. The molecule has 0 radical (unpaired) electrons. The van der Waals surface area contributed by atoms with Gasteiger partial charge in [0.1, 0.15) is 18.1 Å². The molecular weight excluding hydrogens is 466 g/mol. The van der Waals surface area contributed by atoms with Crippen molar-refractivity contribution in [2.75, 3.05) is 10.5 Å². The van der Waals surface area contributed by atoms with Crippen molar-refractivity contribution >= 4 is 38.2 Å². The SMILES string of the molecule is Cc1nc(N)ccc1CNC(=O)Cn1c(C)ccc(NS(=O)(=O)c2ccc3ccccc3c2)c1=O. The lowest BCUT2D eigenvalue weighted by Crippen LogP contribution is -2.34. The summed E-state index contributed by atoms with van der Waals surface area (Å²) < 4.78 is 29.5. The van der Waals surface area contributed by atoms with Crippen molar-refractivity contribution in [2.45, 2.75) is 31.8 Å². The molecule has 10 heteroatoms. The van der Waals surface area contributed by atoms with Gasteiger partial charge >= 0.3 is 0 Å². The summed E-state index contributed by atoms with van der Waals surface area (Å²) in [4.78, 5) is 29.8. The maximum absolute atomic E-state index is 13.0. The molecule has 0 aliphatic rings. The molecule has 1 amide bonds. The fraction of sp³-hybridized carbons (Fsp3) is 0.160. The third-order valence-corrected chi connectivity index (χ3v) is 7.03. The minimum atomic E-state index is -4.02. The molecule has 0 fully saturated rings. The Morgan fingerprint density at radius 3 is 2.49 bits per heavy atom. The van der Waals surface area contributed by atoms with Crippen LogP contribution in [0, 0.1) is 13.8 Å². The average Bonchev–Trinajstić information content (AvgIpc) is 2.82. The van der Waals surface area contributed by atoms with E-state index in [1.165, 1.54) is 16.7 Å². The van der Waals surface area contributed by atoms with Gasteiger partial charge in [-0.15, -0.1) is 0 Å². The van der Waals surface area contributed by atoms with E-state index in [2.05, 4.69) is 15.0 Å². The summed E-state index contributed by atoms with van der Waals surface area (Å²) in [5, 5.41) is 4.42. The van der Waals surface area contributed by atoms with Crippen LogP contribution in [0.15, 0.2) is 76.4 Å². The molecule has 0 aliphatic heterocycles. The maximum atomic E-state index is 13.0. The Labute approximate surface area is 202 Å². The zero-order valence-electron chi connectivity index (χ0n) is 19.3. The number of hydrogen-bond acceptors (Lipinski definition) is 6. The molecule has 0 saturated carbocycles. The van der Waals surface area contributed by atoms with Crippen molar-refractivity contribution in [3.8, 4) is 0 Å². The van der Waals surface area contributed by atoms with Crippen LogP contribution in [-0.4, -0.2) is 23.9 Å². The largest absolute Gasteiger partial charge is 0.384 e. The molecule has 0 saturated heterocycles. The molecule has 4 rings (SSSR count). The fourth-order valence-corrected chi connectivity index (χ4v) is 4.76. The summed E-state index contributed by atoms with van der Waals surface area (Å²) in [5.41, 5.74) is 6.91. The fourth-order valence-electron chi connectivity index (χ4n) is 3.67. The third-order valence-electron chi connectivity index (χ3n) is 5.66. The lowest BCUT2D eigenvalue weighted by molar-refractivity contribution is -0.121. The van der Waals surface area contributed by atoms with Crippen molar-refractivity contribution in [3.05, 3.63) is 94.0 Å². The van der Waals surface area contributed by atoms with E-state index in [9.17, 15) is 18.0 Å². The summed E-state index contributed by atoms with van der Waals surface area (Å²) in [7, 11) is -4.02. The number of carbonyl (C=O) groups excluding carboxylic acids is 1. The number of benzene rings is 2. The van der Waals surface area contributed by atoms with Crippen LogP contribution in [0.4, 0.5) is 11.5 Å². The smallest absolute Gasteiger partial charge is 0.275 e. The minimum absolute atomic E-state index is 0.0351. The number of sulfonamides is 1. The van der Waals surface area contributed by atoms with E-state index in [1.807, 2.05) is 24.3 Å². The topological polar surface area (TPSA) is 136 Å². The molecule has 0 spiro atoms. The summed E-state index contributed by atoms with van der Waals surface area (Å²) in [6.07, 6.45) is 0. The number of anilines is 2. The zero-order chi connectivity index (χ0) is 25.2. The second kappa shape index (κ2) is 9.59. The predicted molar refractivity (Wildman–Crippen MR) is 135 cm³/mol. The molecule has 9 nitrogen and oxygen atoms in total. The highest BCUT2D eigenvalue weighted by Gasteiger charge is 2.18. The van der Waals surface area contributed by atoms with Gasteiger partial charge in [0.15, 0.2) is 0 Å². The number of rotatable bonds is 7. The molecule has 4 N–H and O–H groups in total. The number of aromatic nitrogens is 2. The number of nitrogen functional groups attached to an aromatic ring is 1. The molecule has 0 bridgehead atoms. The molecule has 2 aromatic heterocycles. The Morgan fingerprint density at radius 2 is 1.74 bits per heavy atom. The van der Waals surface area contributed by atoms with Crippen LogP contribution in [0.3, 0.4) is 0 Å². The first kappa shape index (κ1) is 24.0. The molecule has 0 unspecified atom stereocenters. The highest BCUT2D eigenvalue weighted by atomic mass is 32.2. The number of aryl methyl sites for hydroxylation is 2. The first-order valence-electron chi connectivity index (χ1n) is 10.8. The van der Waals surface area contributed by atoms with Crippen molar-refractivity contribution in [1.82, 2.24) is 14.9 Å². The average molecular weight is 492 g/mol. The van der Waals surface area contributed by atoms with Crippen LogP contribution in [0.2, 0.25) is 0 Å². The predicted octanol–water partition coefficient (Wildman–Crippen LogP) is 2.71. The Hall–Kier alpha value is -4.18. The van der Waals surface area contributed by atoms with E-state index in [4.69, 9.17) is 5.73 Å². The van der Waals surface area contributed by atoms with Gasteiger partial charge in [-0.3, -0.25) is 14.3 Å². The summed E-state index contributed by atoms with van der Waals surface area (Å²) >= 11 is 0. The van der Waals surface area contributed by atoms with Gasteiger partial charge in [0.25, 0.3) is 15.6 Å². The minimum Gasteiger partial charge on any atom is -0.384 e. The number of nitrogens with two attached hydrogens (primary N) is 1. The van der Waals surface area contributed by atoms with E-state index in [0.29, 0.717) is 17.2 Å². The van der Waals surface area contributed by atoms with Crippen molar-refractivity contribution in [1.29, 1.82) is 0 Å². The summed E-state index contributed by atoms with van der Waals surface area (Å²) in [6, 6.07) is 18.5. The van der Waals surface area contributed by atoms with E-state index in [1.54, 1.807) is 44.2 Å². The van der Waals surface area contributed by atoms with Crippen LogP contribution < -0.4 is 21.3 Å². The highest BCUT2D eigenvalue weighted by Crippen LogP contribution is 2.20. The number of nitrogens with one attached hydrogen (secondary N) is 2. The van der Waals surface area contributed by atoms with Gasteiger partial charge in [0.2, 0.25) is 5.91 Å². The van der Waals surface area contributed by atoms with E-state index < -0.39 is 21.5 Å². The molecule has 2 aromatic carbocycles. The van der Waals surface area contributed by atoms with Crippen LogP contribution in [0.1, 0.15) is 17.0 Å². The van der Waals surface area contributed by atoms with Crippen molar-refractivity contribution < 1.29 is 13.2 Å². The molecular formula is C25H25N5O4S. The second-order valence-electron chi connectivity index (χ2n) is 8.15. The van der Waals surface area contributed by atoms with Crippen LogP contribution in [-0.2, 0) is 27.9 Å². The molecule has 35 heavy (non-hydrogen) atoms. The first-order chi connectivity index (χ1) is 16.6. The third kappa shape index (κ3) is 5.33. The lowest BCUT2D eigenvalue weighted by Gasteiger charge is -2.14. The number of nitrogens with zero attached hydrogens (tertiary/aromatic N) is 2. The molecule has 4 aromatic rings. The first-order valence-corrected chi connectivity index (χ1v) is 12.3. The quantitative estimate of drug-likeness (QED) is 0.364. The number of amides is 1. The van der Waals surface area contributed by atoms with Crippen LogP contribution >= 0.6 is 0 Å². The number of pyridine rings is 2. The maximum Gasteiger partial charge on any atom is 0.275 e. The molecule has 2 heterocycles. The van der Waals surface area contributed by atoms with Crippen molar-refractivity contribution in [2.24, 2.45) is 0 Å². The lowest BCUT2D eigenvalue weighted by atomic mass is 10.1. The number of hydrogen-bond donors (Lipinski definition) is 3. The Morgan fingerprint density at radius 1 is 1.00 bits per heavy atom. The molecule has 180 valence electrons. The van der Waals surface area contributed by atoms with E-state index in [-0.39, 0.29) is 23.7 Å². The van der Waals surface area contributed by atoms with Gasteiger partial charge in [0, 0.05) is 17.9 Å². The molecule has 0 atom stereocenters. The highest BCUT2D eigenvalue weighted by molar-refractivity contribution is 7.92. The summed E-state index contributed by atoms with van der Waals surface area (Å²) in [5.74, 6) is -0.0105. The van der Waals surface area contributed by atoms with Gasteiger partial charge < -0.3 is 15.6 Å². The molecule has 0 aliphatic carbocycles. The van der Waals surface area contributed by atoms with E-state index in [0.717, 1.165) is 16.3 Å². The van der Waals surface area contributed by atoms with Gasteiger partial charge in [0.05, 0.1) is 4.90 Å². The van der Waals surface area contributed by atoms with E-state index >= 15 is 0 Å². The number of fused-ring (bicyclic) bond motifs is 1. The zero-order valence-corrected chi connectivity index (χ0v) is 20.1. The van der Waals surface area contributed by atoms with Gasteiger partial charge in [-0.05, 0) is 60.5 Å². The van der Waals surface area contributed by atoms with Crippen LogP contribution in [0.5, 0.6) is 0 Å². The van der Waals surface area contributed by atoms with Crippen LogP contribution in [0.25, 0.3) is 10.8 Å². The van der Waals surface area contributed by atoms with Crippen molar-refractivity contribution in [3.63, 3.8) is 0 Å². The monoisotopic (exact) mass is 491 g/mol. The standard InChI is InChI=1S/C25H25N5O4S/c1-16-7-11-22(29-35(33,34)21-10-8-18-5-3-4-6-19(18)13-21)25(32)30(16)15-24(31)27-14-20-9-12-23(26)28-17(20)2/h3-13,29H,14-15H2,1-2H3,(H2,26,28)(H,27,31). The van der Waals surface area contributed by atoms with Gasteiger partial charge in [-0.2, -0.15) is 0 Å².